The number of nitrogens with two attached hydrogens (primary N) is 1. The number of benzene rings is 1. The van der Waals surface area contributed by atoms with Crippen LogP contribution in [0.3, 0.4) is 0 Å². The van der Waals surface area contributed by atoms with Crippen LogP contribution < -0.4 is 5.73 Å². The third-order valence-corrected chi connectivity index (χ3v) is 2.92. The number of nitrogen functional groups attached to an aromatic ring is 1. The summed E-state index contributed by atoms with van der Waals surface area (Å²) in [5.41, 5.74) is 7.66. The lowest BCUT2D eigenvalue weighted by molar-refractivity contribution is 0.908. The minimum atomic E-state index is 0.581. The maximum atomic E-state index is 5.95. The van der Waals surface area contributed by atoms with E-state index in [4.69, 9.17) is 17.3 Å². The fourth-order valence-corrected chi connectivity index (χ4v) is 2.09. The van der Waals surface area contributed by atoms with E-state index in [9.17, 15) is 0 Å². The normalized spacial score (nSPS) is 10.9. The van der Waals surface area contributed by atoms with E-state index in [-0.39, 0.29) is 0 Å². The molecule has 0 aliphatic carbocycles. The number of pyridine rings is 1. The first-order valence-electron chi connectivity index (χ1n) is 5.57. The molecule has 0 atom stereocenters. The van der Waals surface area contributed by atoms with E-state index in [2.05, 4.69) is 10.1 Å². The Labute approximate surface area is 109 Å². The first kappa shape index (κ1) is 11.0. The van der Waals surface area contributed by atoms with E-state index < -0.39 is 0 Å². The summed E-state index contributed by atoms with van der Waals surface area (Å²) in [7, 11) is 0. The fraction of sp³-hybridized carbons (Fsp3) is 0.0769. The number of hydrogen-bond donors (Lipinski definition) is 1. The van der Waals surface area contributed by atoms with E-state index >= 15 is 0 Å². The minimum Gasteiger partial charge on any atom is -0.384 e. The Morgan fingerprint density at radius 3 is 2.78 bits per heavy atom. The lowest BCUT2D eigenvalue weighted by Gasteiger charge is -1.97. The molecule has 0 unspecified atom stereocenters. The van der Waals surface area contributed by atoms with Crippen LogP contribution in [0.25, 0.3) is 5.65 Å². The van der Waals surface area contributed by atoms with Crippen molar-refractivity contribution in [3.8, 4) is 0 Å². The number of hydrogen-bond acceptors (Lipinski definition) is 3. The Morgan fingerprint density at radius 1 is 1.17 bits per heavy atom. The summed E-state index contributed by atoms with van der Waals surface area (Å²) in [6.07, 6.45) is 0.641. The summed E-state index contributed by atoms with van der Waals surface area (Å²) in [5.74, 6) is 1.31. The van der Waals surface area contributed by atoms with E-state index in [0.29, 0.717) is 12.2 Å². The number of aromatic nitrogens is 3. The Morgan fingerprint density at radius 2 is 2.00 bits per heavy atom. The summed E-state index contributed by atoms with van der Waals surface area (Å²) in [5, 5.41) is 5.09. The maximum absolute atomic E-state index is 5.95. The largest absolute Gasteiger partial charge is 0.384 e. The van der Waals surface area contributed by atoms with Gasteiger partial charge in [0.1, 0.15) is 5.82 Å². The van der Waals surface area contributed by atoms with Crippen LogP contribution >= 0.6 is 11.6 Å². The van der Waals surface area contributed by atoms with E-state index in [0.717, 1.165) is 22.1 Å². The number of anilines is 1. The van der Waals surface area contributed by atoms with Crippen LogP contribution in [0, 0.1) is 0 Å². The predicted octanol–water partition coefficient (Wildman–Crippen LogP) is 2.56. The quantitative estimate of drug-likeness (QED) is 0.769. The first-order chi connectivity index (χ1) is 8.72. The van der Waals surface area contributed by atoms with Gasteiger partial charge < -0.3 is 5.73 Å². The van der Waals surface area contributed by atoms with Crippen molar-refractivity contribution in [1.29, 1.82) is 0 Å². The highest BCUT2D eigenvalue weighted by Crippen LogP contribution is 2.14. The molecular formula is C13H11ClN4. The van der Waals surface area contributed by atoms with Gasteiger partial charge >= 0.3 is 0 Å². The molecule has 0 aliphatic heterocycles. The van der Waals surface area contributed by atoms with Crippen LogP contribution in [-0.4, -0.2) is 14.6 Å². The molecule has 5 heteroatoms. The molecule has 0 saturated carbocycles. The van der Waals surface area contributed by atoms with Crippen LogP contribution in [0.2, 0.25) is 5.02 Å². The fourth-order valence-electron chi connectivity index (χ4n) is 1.87. The summed E-state index contributed by atoms with van der Waals surface area (Å²) < 4.78 is 1.64. The van der Waals surface area contributed by atoms with Crippen molar-refractivity contribution in [1.82, 2.24) is 14.6 Å². The second kappa shape index (κ2) is 4.31. The van der Waals surface area contributed by atoms with Crippen LogP contribution in [0.15, 0.2) is 42.5 Å². The summed E-state index contributed by atoms with van der Waals surface area (Å²) in [6.45, 7) is 0. The Balaban J connectivity index is 1.98. The Kier molecular flexibility index (Phi) is 2.64. The standard InChI is InChI=1S/C13H11ClN4/c14-10-4-1-3-9(7-10)8-12-16-13-6-2-5-11(15)18(13)17-12/h1-7H,8,15H2. The molecule has 2 aromatic heterocycles. The molecule has 18 heavy (non-hydrogen) atoms. The highest BCUT2D eigenvalue weighted by Gasteiger charge is 2.06. The van der Waals surface area contributed by atoms with Crippen molar-refractivity contribution < 1.29 is 0 Å². The van der Waals surface area contributed by atoms with Crippen molar-refractivity contribution in [2.24, 2.45) is 0 Å². The monoisotopic (exact) mass is 258 g/mol. The topological polar surface area (TPSA) is 56.2 Å². The molecule has 3 rings (SSSR count). The molecule has 0 saturated heterocycles. The lowest BCUT2D eigenvalue weighted by Crippen LogP contribution is -1.98. The summed E-state index contributed by atoms with van der Waals surface area (Å²) >= 11 is 5.95. The van der Waals surface area contributed by atoms with Crippen molar-refractivity contribution in [3.63, 3.8) is 0 Å². The van der Waals surface area contributed by atoms with Gasteiger partial charge in [-0.3, -0.25) is 0 Å². The molecule has 0 bridgehead atoms. The minimum absolute atomic E-state index is 0.581. The SMILES string of the molecule is Nc1cccc2nc(Cc3cccc(Cl)c3)nn12. The van der Waals surface area contributed by atoms with Gasteiger partial charge in [0.25, 0.3) is 0 Å². The molecule has 90 valence electrons. The molecular weight excluding hydrogens is 248 g/mol. The van der Waals surface area contributed by atoms with Gasteiger partial charge in [-0.25, -0.2) is 4.98 Å². The van der Waals surface area contributed by atoms with Crippen molar-refractivity contribution >= 4 is 23.1 Å². The third kappa shape index (κ3) is 2.02. The molecule has 0 spiro atoms. The van der Waals surface area contributed by atoms with E-state index in [1.807, 2.05) is 36.4 Å². The van der Waals surface area contributed by atoms with Gasteiger partial charge in [0, 0.05) is 11.4 Å². The second-order valence-corrected chi connectivity index (χ2v) is 4.49. The average Bonchev–Trinajstić information content (AvgIpc) is 2.73. The molecule has 0 amide bonds. The molecule has 0 fully saturated rings. The van der Waals surface area contributed by atoms with Gasteiger partial charge in [0.2, 0.25) is 0 Å². The average molecular weight is 259 g/mol. The van der Waals surface area contributed by atoms with Crippen molar-refractivity contribution in [2.75, 3.05) is 5.73 Å². The predicted molar refractivity (Wildman–Crippen MR) is 71.7 cm³/mol. The third-order valence-electron chi connectivity index (χ3n) is 2.68. The Bertz CT molecular complexity index is 705. The van der Waals surface area contributed by atoms with Crippen LogP contribution in [0.1, 0.15) is 11.4 Å². The highest BCUT2D eigenvalue weighted by molar-refractivity contribution is 6.30. The molecule has 2 N–H and O–H groups in total. The number of halogens is 1. The molecule has 2 heterocycles. The lowest BCUT2D eigenvalue weighted by atomic mass is 10.1. The van der Waals surface area contributed by atoms with Gasteiger partial charge in [-0.05, 0) is 29.8 Å². The van der Waals surface area contributed by atoms with Gasteiger partial charge in [-0.1, -0.05) is 29.8 Å². The van der Waals surface area contributed by atoms with Crippen LogP contribution in [0.5, 0.6) is 0 Å². The summed E-state index contributed by atoms with van der Waals surface area (Å²) in [4.78, 5) is 4.43. The van der Waals surface area contributed by atoms with Gasteiger partial charge in [0.15, 0.2) is 11.5 Å². The first-order valence-corrected chi connectivity index (χ1v) is 5.95. The molecule has 1 aromatic carbocycles. The number of fused-ring (bicyclic) bond motifs is 1. The number of rotatable bonds is 2. The van der Waals surface area contributed by atoms with Crippen LogP contribution in [-0.2, 0) is 6.42 Å². The van der Waals surface area contributed by atoms with Crippen molar-refractivity contribution in [3.05, 3.63) is 58.9 Å². The Hall–Kier alpha value is -2.07. The van der Waals surface area contributed by atoms with Crippen molar-refractivity contribution in [2.45, 2.75) is 6.42 Å². The molecule has 3 aromatic rings. The highest BCUT2D eigenvalue weighted by atomic mass is 35.5. The van der Waals surface area contributed by atoms with Gasteiger partial charge in [-0.15, -0.1) is 5.10 Å². The van der Waals surface area contributed by atoms with E-state index in [1.165, 1.54) is 0 Å². The van der Waals surface area contributed by atoms with Crippen LogP contribution in [0.4, 0.5) is 5.82 Å². The second-order valence-electron chi connectivity index (χ2n) is 4.06. The maximum Gasteiger partial charge on any atom is 0.157 e. The van der Waals surface area contributed by atoms with Gasteiger partial charge in [0.05, 0.1) is 0 Å². The zero-order valence-electron chi connectivity index (χ0n) is 9.55. The zero-order valence-corrected chi connectivity index (χ0v) is 10.3. The molecule has 0 radical (unpaired) electrons. The van der Waals surface area contributed by atoms with E-state index in [1.54, 1.807) is 10.6 Å². The number of nitrogens with zero attached hydrogens (tertiary/aromatic N) is 3. The molecule has 4 nitrogen and oxygen atoms in total. The molecule has 0 aliphatic rings. The summed E-state index contributed by atoms with van der Waals surface area (Å²) in [6, 6.07) is 13.2. The van der Waals surface area contributed by atoms with Gasteiger partial charge in [-0.2, -0.15) is 4.52 Å². The zero-order chi connectivity index (χ0) is 12.5. The smallest absolute Gasteiger partial charge is 0.157 e.